The molecule has 0 aromatic heterocycles. The first kappa shape index (κ1) is 38.6. The van der Waals surface area contributed by atoms with E-state index in [9.17, 15) is 13.7 Å². The molecule has 6 nitrogen and oxygen atoms in total. The molecule has 0 aromatic carbocycles. The van der Waals surface area contributed by atoms with Crippen molar-refractivity contribution in [2.24, 2.45) is 0 Å². The Morgan fingerprint density at radius 1 is 0.464 bits per heavy atom. The molecule has 177 valence electrons. The Labute approximate surface area is 207 Å². The van der Waals surface area contributed by atoms with Crippen molar-refractivity contribution in [3.05, 3.63) is 0 Å². The Morgan fingerprint density at radius 3 is 0.643 bits per heavy atom. The Morgan fingerprint density at radius 2 is 0.571 bits per heavy atom. The molecule has 0 unspecified atom stereocenters. The molecule has 1 radical (unpaired) electrons. The van der Waals surface area contributed by atoms with E-state index in [0.29, 0.717) is 34.5 Å². The van der Waals surface area contributed by atoms with Gasteiger partial charge in [0.2, 0.25) is 0 Å². The van der Waals surface area contributed by atoms with Gasteiger partial charge in [0.05, 0.1) is 0 Å². The second kappa shape index (κ2) is 23.5. The van der Waals surface area contributed by atoms with E-state index >= 15 is 0 Å². The van der Waals surface area contributed by atoms with Gasteiger partial charge in [-0.25, -0.2) is 0 Å². The second-order valence-corrected chi connectivity index (χ2v) is 27.4. The zero-order valence-corrected chi connectivity index (χ0v) is 26.2. The number of hydrogen-bond acceptors (Lipinski definition) is 9. The van der Waals surface area contributed by atoms with Crippen molar-refractivity contribution >= 4 is 85.6 Å². The summed E-state index contributed by atoms with van der Waals surface area (Å²) in [6.07, 6.45) is 0. The molecule has 0 aliphatic rings. The molecule has 28 heavy (non-hydrogen) atoms. The van der Waals surface area contributed by atoms with E-state index in [-0.39, 0.29) is 19.5 Å². The van der Waals surface area contributed by atoms with Crippen LogP contribution in [0.4, 0.5) is 0 Å². The molecule has 0 spiro atoms. The third kappa shape index (κ3) is 31.5. The van der Waals surface area contributed by atoms with E-state index in [1.165, 1.54) is 0 Å². The predicted octanol–water partition coefficient (Wildman–Crippen LogP) is 7.78. The minimum atomic E-state index is -2.86. The summed E-state index contributed by atoms with van der Waals surface area (Å²) in [4.78, 5) is 27.0. The smallest absolute Gasteiger partial charge is 0.310 e. The van der Waals surface area contributed by atoms with Gasteiger partial charge in [-0.05, 0) is 0 Å². The maximum atomic E-state index is 10.9. The Bertz CT molecular complexity index is 394. The van der Waals surface area contributed by atoms with Crippen LogP contribution in [-0.4, -0.2) is 49.2 Å². The summed E-state index contributed by atoms with van der Waals surface area (Å²) in [6.45, 7) is 11.3. The molecular formula is C12H33O6P3RhS6. The van der Waals surface area contributed by atoms with E-state index in [1.54, 1.807) is 0 Å². The summed E-state index contributed by atoms with van der Waals surface area (Å²) in [5, 5.41) is 0. The van der Waals surface area contributed by atoms with Gasteiger partial charge in [-0.2, -0.15) is 0 Å². The molecular weight excluding hydrogens is 628 g/mol. The van der Waals surface area contributed by atoms with Gasteiger partial charge >= 0.3 is 17.3 Å². The van der Waals surface area contributed by atoms with Crippen LogP contribution in [0.15, 0.2) is 0 Å². The molecule has 0 aliphatic carbocycles. The van der Waals surface area contributed by atoms with E-state index in [4.69, 9.17) is 14.7 Å². The zero-order valence-electron chi connectivity index (χ0n) is 16.9. The average Bonchev–Trinajstić information content (AvgIpc) is 2.47. The maximum Gasteiger partial charge on any atom is 0.310 e. The van der Waals surface area contributed by atoms with Gasteiger partial charge < -0.3 is 14.7 Å². The fourth-order valence-corrected chi connectivity index (χ4v) is 17.5. The summed E-state index contributed by atoms with van der Waals surface area (Å²) >= 11 is 6.79. The fraction of sp³-hybridized carbons (Fsp3) is 1.00. The van der Waals surface area contributed by atoms with E-state index in [0.717, 1.165) is 68.3 Å². The van der Waals surface area contributed by atoms with E-state index in [1.807, 2.05) is 41.5 Å². The molecule has 0 bridgehead atoms. The first-order chi connectivity index (χ1) is 12.4. The van der Waals surface area contributed by atoms with Crippen molar-refractivity contribution in [1.29, 1.82) is 0 Å². The van der Waals surface area contributed by atoms with E-state index in [2.05, 4.69) is 0 Å². The summed E-state index contributed by atoms with van der Waals surface area (Å²) in [7, 11) is 0. The van der Waals surface area contributed by atoms with Crippen LogP contribution in [0.25, 0.3) is 0 Å². The molecule has 0 heterocycles. The monoisotopic (exact) mass is 661 g/mol. The fourth-order valence-electron chi connectivity index (χ4n) is 1.09. The molecule has 3 N–H and O–H groups in total. The van der Waals surface area contributed by atoms with Crippen molar-refractivity contribution < 1.29 is 47.9 Å². The van der Waals surface area contributed by atoms with Crippen LogP contribution >= 0.6 is 85.6 Å². The average molecular weight is 662 g/mol. The molecule has 16 heteroatoms. The molecule has 0 amide bonds. The molecule has 0 atom stereocenters. The Balaban J connectivity index is -0.000000152. The Hall–Kier alpha value is 3.29. The minimum absolute atomic E-state index is 0. The van der Waals surface area contributed by atoms with Crippen LogP contribution in [0, 0.1) is 0 Å². The third-order valence-corrected chi connectivity index (χ3v) is 21.5. The molecule has 0 saturated heterocycles. The standard InChI is InChI=1S/3C4H11O2PS2.Rh/c3*1-3-8-7(5,6)9-4-2;/h3*3-4H2,1-2H3,(H,5,6);. The van der Waals surface area contributed by atoms with Crippen LogP contribution in [-0.2, 0) is 33.2 Å². The maximum absolute atomic E-state index is 10.9. The van der Waals surface area contributed by atoms with Crippen molar-refractivity contribution in [3.8, 4) is 0 Å². The minimum Gasteiger partial charge on any atom is -0.329 e. The summed E-state index contributed by atoms with van der Waals surface area (Å²) < 4.78 is 32.7. The van der Waals surface area contributed by atoms with Crippen LogP contribution in [0.5, 0.6) is 0 Å². The van der Waals surface area contributed by atoms with Crippen LogP contribution in [0.3, 0.4) is 0 Å². The quantitative estimate of drug-likeness (QED) is 0.140. The number of hydrogen-bond donors (Lipinski definition) is 3. The zero-order chi connectivity index (χ0) is 22.0. The van der Waals surface area contributed by atoms with Gasteiger partial charge in [0.15, 0.2) is 0 Å². The van der Waals surface area contributed by atoms with Crippen molar-refractivity contribution in [2.75, 3.05) is 34.5 Å². The molecule has 0 saturated carbocycles. The van der Waals surface area contributed by atoms with Crippen molar-refractivity contribution in [1.82, 2.24) is 0 Å². The Kier molecular flexibility index (Phi) is 32.3. The predicted molar refractivity (Wildman–Crippen MR) is 138 cm³/mol. The molecule has 0 rings (SSSR count). The second-order valence-electron chi connectivity index (χ2n) is 3.91. The molecule has 0 fully saturated rings. The van der Waals surface area contributed by atoms with Gasteiger partial charge in [-0.3, -0.25) is 13.7 Å². The molecule has 0 aliphatic heterocycles. The van der Waals surface area contributed by atoms with Crippen molar-refractivity contribution in [3.63, 3.8) is 0 Å². The summed E-state index contributed by atoms with van der Waals surface area (Å²) in [6, 6.07) is 0. The summed E-state index contributed by atoms with van der Waals surface area (Å²) in [5.41, 5.74) is 0. The van der Waals surface area contributed by atoms with Crippen LogP contribution in [0.2, 0.25) is 0 Å². The largest absolute Gasteiger partial charge is 0.329 e. The van der Waals surface area contributed by atoms with Gasteiger partial charge in [0, 0.05) is 54.0 Å². The normalized spacial score (nSPS) is 11.5. The topological polar surface area (TPSA) is 112 Å². The first-order valence-electron chi connectivity index (χ1n) is 8.22. The van der Waals surface area contributed by atoms with E-state index < -0.39 is 17.3 Å². The number of rotatable bonds is 12. The third-order valence-electron chi connectivity index (χ3n) is 1.75. The van der Waals surface area contributed by atoms with Gasteiger partial charge in [-0.15, -0.1) is 0 Å². The van der Waals surface area contributed by atoms with Gasteiger partial charge in [0.25, 0.3) is 0 Å². The SMILES string of the molecule is CCSP(=O)(O)SCC.CCSP(=O)(O)SCC.CCSP(=O)(O)SCC.[Rh]. The first-order valence-corrected chi connectivity index (χ1v) is 22.7. The molecule has 0 aromatic rings. The van der Waals surface area contributed by atoms with Gasteiger partial charge in [-0.1, -0.05) is 110 Å². The van der Waals surface area contributed by atoms with Gasteiger partial charge in [0.1, 0.15) is 0 Å². The van der Waals surface area contributed by atoms with Crippen LogP contribution < -0.4 is 0 Å². The summed E-state index contributed by atoms with van der Waals surface area (Å²) in [5.74, 6) is -4.32. The van der Waals surface area contributed by atoms with Crippen molar-refractivity contribution in [2.45, 2.75) is 41.5 Å². The van der Waals surface area contributed by atoms with Crippen LogP contribution in [0.1, 0.15) is 41.5 Å².